The number of rotatable bonds is 7. The zero-order chi connectivity index (χ0) is 16.9. The van der Waals surface area contributed by atoms with Crippen molar-refractivity contribution in [3.8, 4) is 11.5 Å². The smallest absolute Gasteiger partial charge is 0.305 e. The largest absolute Gasteiger partial charge is 0.497 e. The fraction of sp³-hybridized carbons (Fsp3) is 0.500. The minimum atomic E-state index is -0.964. The average molecular weight is 309 g/mol. The molecule has 0 fully saturated rings. The number of hydrogen-bond donors (Lipinski definition) is 2. The van der Waals surface area contributed by atoms with Crippen molar-refractivity contribution in [2.45, 2.75) is 32.7 Å². The van der Waals surface area contributed by atoms with Crippen LogP contribution >= 0.6 is 0 Å². The molecule has 0 radical (unpaired) electrons. The van der Waals surface area contributed by atoms with Gasteiger partial charge in [0.05, 0.1) is 31.7 Å². The number of nitrogens with one attached hydrogen (secondary N) is 1. The van der Waals surface area contributed by atoms with E-state index in [1.54, 1.807) is 25.1 Å². The lowest BCUT2D eigenvalue weighted by Crippen LogP contribution is -2.51. The normalized spacial score (nSPS) is 13.4. The molecule has 1 rings (SSSR count). The van der Waals surface area contributed by atoms with E-state index in [4.69, 9.17) is 14.6 Å². The molecule has 0 spiro atoms. The van der Waals surface area contributed by atoms with E-state index >= 15 is 0 Å². The van der Waals surface area contributed by atoms with Crippen LogP contribution in [0.25, 0.3) is 0 Å². The molecule has 0 saturated carbocycles. The molecule has 6 nitrogen and oxygen atoms in total. The SMILES string of the molecule is COc1ccc(OC)c(C(=O)NC(C)(CC(=O)O)C(C)C)c1. The van der Waals surface area contributed by atoms with Crippen LogP contribution in [0.3, 0.4) is 0 Å². The fourth-order valence-corrected chi connectivity index (χ4v) is 2.03. The minimum absolute atomic E-state index is 0.0517. The van der Waals surface area contributed by atoms with Gasteiger partial charge in [0.15, 0.2) is 0 Å². The molecule has 1 aromatic rings. The maximum absolute atomic E-state index is 12.6. The molecule has 0 saturated heterocycles. The summed E-state index contributed by atoms with van der Waals surface area (Å²) in [4.78, 5) is 23.6. The lowest BCUT2D eigenvalue weighted by atomic mass is 9.85. The van der Waals surface area contributed by atoms with Crippen molar-refractivity contribution in [1.82, 2.24) is 5.32 Å². The Bertz CT molecular complexity index is 555. The number of hydrogen-bond acceptors (Lipinski definition) is 4. The maximum Gasteiger partial charge on any atom is 0.305 e. The number of carboxylic acid groups (broad SMARTS) is 1. The van der Waals surface area contributed by atoms with Crippen molar-refractivity contribution >= 4 is 11.9 Å². The van der Waals surface area contributed by atoms with Gasteiger partial charge in [-0.1, -0.05) is 13.8 Å². The topological polar surface area (TPSA) is 84.9 Å². The Hall–Kier alpha value is -2.24. The van der Waals surface area contributed by atoms with Gasteiger partial charge in [0, 0.05) is 0 Å². The number of amides is 1. The van der Waals surface area contributed by atoms with Gasteiger partial charge in [0.25, 0.3) is 5.91 Å². The lowest BCUT2D eigenvalue weighted by molar-refractivity contribution is -0.138. The zero-order valence-electron chi connectivity index (χ0n) is 13.6. The van der Waals surface area contributed by atoms with Crippen molar-refractivity contribution in [1.29, 1.82) is 0 Å². The summed E-state index contributed by atoms with van der Waals surface area (Å²) >= 11 is 0. The number of carboxylic acids is 1. The summed E-state index contributed by atoms with van der Waals surface area (Å²) in [7, 11) is 2.98. The summed E-state index contributed by atoms with van der Waals surface area (Å²) in [6, 6.07) is 4.89. The molecule has 1 atom stereocenters. The van der Waals surface area contributed by atoms with Gasteiger partial charge in [-0.2, -0.15) is 0 Å². The zero-order valence-corrected chi connectivity index (χ0v) is 13.6. The Morgan fingerprint density at radius 1 is 1.27 bits per heavy atom. The predicted molar refractivity (Wildman–Crippen MR) is 82.5 cm³/mol. The highest BCUT2D eigenvalue weighted by molar-refractivity contribution is 5.98. The number of carbonyl (C=O) groups is 2. The van der Waals surface area contributed by atoms with Gasteiger partial charge in [0.1, 0.15) is 11.5 Å². The number of carbonyl (C=O) groups excluding carboxylic acids is 1. The van der Waals surface area contributed by atoms with Crippen LogP contribution in [0, 0.1) is 5.92 Å². The van der Waals surface area contributed by atoms with Gasteiger partial charge in [0.2, 0.25) is 0 Å². The van der Waals surface area contributed by atoms with E-state index in [0.717, 1.165) is 0 Å². The Kier molecular flexibility index (Phi) is 5.79. The van der Waals surface area contributed by atoms with Gasteiger partial charge < -0.3 is 19.9 Å². The first-order valence-corrected chi connectivity index (χ1v) is 7.00. The van der Waals surface area contributed by atoms with Crippen molar-refractivity contribution < 1.29 is 24.2 Å². The summed E-state index contributed by atoms with van der Waals surface area (Å²) in [5, 5.41) is 11.9. The van der Waals surface area contributed by atoms with E-state index in [-0.39, 0.29) is 12.3 Å². The molecular formula is C16H23NO5. The Labute approximate surface area is 130 Å². The highest BCUT2D eigenvalue weighted by Gasteiger charge is 2.33. The Balaban J connectivity index is 3.11. The maximum atomic E-state index is 12.6. The van der Waals surface area contributed by atoms with Crippen LogP contribution in [0.2, 0.25) is 0 Å². The molecule has 0 bridgehead atoms. The molecule has 122 valence electrons. The first kappa shape index (κ1) is 17.8. The van der Waals surface area contributed by atoms with Crippen molar-refractivity contribution in [3.05, 3.63) is 23.8 Å². The van der Waals surface area contributed by atoms with E-state index in [9.17, 15) is 9.59 Å². The molecule has 0 aromatic heterocycles. The number of ether oxygens (including phenoxy) is 2. The monoisotopic (exact) mass is 309 g/mol. The van der Waals surface area contributed by atoms with Crippen LogP contribution < -0.4 is 14.8 Å². The molecule has 0 heterocycles. The molecule has 0 aliphatic heterocycles. The molecular weight excluding hydrogens is 286 g/mol. The molecule has 0 aliphatic carbocycles. The van der Waals surface area contributed by atoms with E-state index in [2.05, 4.69) is 5.32 Å². The summed E-state index contributed by atoms with van der Waals surface area (Å²) in [6.45, 7) is 5.45. The molecule has 22 heavy (non-hydrogen) atoms. The second-order valence-corrected chi connectivity index (χ2v) is 5.66. The van der Waals surface area contributed by atoms with E-state index in [1.165, 1.54) is 14.2 Å². The molecule has 1 amide bonds. The van der Waals surface area contributed by atoms with Crippen molar-refractivity contribution in [3.63, 3.8) is 0 Å². The van der Waals surface area contributed by atoms with E-state index < -0.39 is 17.4 Å². The number of methoxy groups -OCH3 is 2. The third kappa shape index (κ3) is 4.13. The van der Waals surface area contributed by atoms with Crippen LogP contribution in [-0.2, 0) is 4.79 Å². The third-order valence-corrected chi connectivity index (χ3v) is 3.84. The van der Waals surface area contributed by atoms with Crippen LogP contribution in [0.5, 0.6) is 11.5 Å². The molecule has 2 N–H and O–H groups in total. The van der Waals surface area contributed by atoms with E-state index in [1.807, 2.05) is 13.8 Å². The van der Waals surface area contributed by atoms with Gasteiger partial charge in [-0.15, -0.1) is 0 Å². The summed E-state index contributed by atoms with van der Waals surface area (Å²) in [5.41, 5.74) is -0.559. The second kappa shape index (κ2) is 7.15. The molecule has 0 aliphatic rings. The van der Waals surface area contributed by atoms with Gasteiger partial charge >= 0.3 is 5.97 Å². The highest BCUT2D eigenvalue weighted by Crippen LogP contribution is 2.26. The molecule has 1 aromatic carbocycles. The third-order valence-electron chi connectivity index (χ3n) is 3.84. The minimum Gasteiger partial charge on any atom is -0.497 e. The van der Waals surface area contributed by atoms with Crippen LogP contribution in [0.1, 0.15) is 37.6 Å². The fourth-order valence-electron chi connectivity index (χ4n) is 2.03. The quantitative estimate of drug-likeness (QED) is 0.807. The van der Waals surface area contributed by atoms with Crippen LogP contribution in [-0.4, -0.2) is 36.7 Å². The average Bonchev–Trinajstić information content (AvgIpc) is 2.45. The molecule has 6 heteroatoms. The van der Waals surface area contributed by atoms with Gasteiger partial charge in [-0.05, 0) is 31.0 Å². The second-order valence-electron chi connectivity index (χ2n) is 5.66. The van der Waals surface area contributed by atoms with Crippen LogP contribution in [0.4, 0.5) is 0 Å². The number of aliphatic carboxylic acids is 1. The number of benzene rings is 1. The lowest BCUT2D eigenvalue weighted by Gasteiger charge is -2.33. The van der Waals surface area contributed by atoms with Gasteiger partial charge in [-0.25, -0.2) is 0 Å². The predicted octanol–water partition coefficient (Wildman–Crippen LogP) is 2.32. The standard InChI is InChI=1S/C16H23NO5/c1-10(2)16(3,9-14(18)19)17-15(20)12-8-11(21-4)6-7-13(12)22-5/h6-8,10H,9H2,1-5H3,(H,17,20)(H,18,19). The van der Waals surface area contributed by atoms with E-state index in [0.29, 0.717) is 17.1 Å². The van der Waals surface area contributed by atoms with Crippen molar-refractivity contribution in [2.75, 3.05) is 14.2 Å². The summed E-state index contributed by atoms with van der Waals surface area (Å²) in [6.07, 6.45) is -0.164. The first-order valence-electron chi connectivity index (χ1n) is 7.00. The summed E-state index contributed by atoms with van der Waals surface area (Å²) < 4.78 is 10.3. The Morgan fingerprint density at radius 2 is 1.91 bits per heavy atom. The van der Waals surface area contributed by atoms with Crippen molar-refractivity contribution in [2.24, 2.45) is 5.92 Å². The van der Waals surface area contributed by atoms with Gasteiger partial charge in [-0.3, -0.25) is 9.59 Å². The first-order chi connectivity index (χ1) is 10.2. The molecule has 1 unspecified atom stereocenters. The Morgan fingerprint density at radius 3 is 2.36 bits per heavy atom. The highest BCUT2D eigenvalue weighted by atomic mass is 16.5. The van der Waals surface area contributed by atoms with Crippen LogP contribution in [0.15, 0.2) is 18.2 Å². The summed E-state index contributed by atoms with van der Waals surface area (Å²) in [5.74, 6) is -0.485.